The molecule has 1 N–H and O–H groups in total. The zero-order valence-corrected chi connectivity index (χ0v) is 16.9. The van der Waals surface area contributed by atoms with Crippen LogP contribution in [0, 0.1) is 0 Å². The Hall–Kier alpha value is -2.06. The Kier molecular flexibility index (Phi) is 5.76. The van der Waals surface area contributed by atoms with E-state index in [0.29, 0.717) is 29.9 Å². The van der Waals surface area contributed by atoms with Gasteiger partial charge >= 0.3 is 0 Å². The summed E-state index contributed by atoms with van der Waals surface area (Å²) in [6.45, 7) is 2.26. The largest absolute Gasteiger partial charge is 0.283 e. The first-order chi connectivity index (χ1) is 12.8. The molecule has 3 rings (SSSR count). The maximum atomic E-state index is 12.6. The Morgan fingerprint density at radius 2 is 1.78 bits per heavy atom. The molecule has 0 spiro atoms. The van der Waals surface area contributed by atoms with Gasteiger partial charge in [0.05, 0.1) is 22.9 Å². The minimum Gasteiger partial charge on any atom is -0.283 e. The number of benzene rings is 2. The van der Waals surface area contributed by atoms with Crippen molar-refractivity contribution >= 4 is 31.4 Å². The van der Waals surface area contributed by atoms with Gasteiger partial charge in [0.2, 0.25) is 20.0 Å². The number of sulfonamides is 2. The highest BCUT2D eigenvalue weighted by Gasteiger charge is 2.27. The topological polar surface area (TPSA) is 83.6 Å². The van der Waals surface area contributed by atoms with Crippen LogP contribution in [0.1, 0.15) is 30.9 Å². The zero-order chi connectivity index (χ0) is 19.5. The van der Waals surface area contributed by atoms with Gasteiger partial charge in [-0.05, 0) is 42.5 Å². The molecule has 27 heavy (non-hydrogen) atoms. The van der Waals surface area contributed by atoms with E-state index in [1.165, 1.54) is 4.31 Å². The molecule has 0 aliphatic carbocycles. The summed E-state index contributed by atoms with van der Waals surface area (Å²) >= 11 is 0. The van der Waals surface area contributed by atoms with E-state index in [0.717, 1.165) is 18.4 Å². The van der Waals surface area contributed by atoms with Crippen LogP contribution in [-0.4, -0.2) is 29.1 Å². The highest BCUT2D eigenvalue weighted by atomic mass is 32.2. The van der Waals surface area contributed by atoms with Gasteiger partial charge in [-0.2, -0.15) is 0 Å². The second kappa shape index (κ2) is 7.90. The number of anilines is 2. The molecule has 0 aromatic heterocycles. The summed E-state index contributed by atoms with van der Waals surface area (Å²) in [5.74, 6) is -0.0564. The van der Waals surface area contributed by atoms with E-state index in [2.05, 4.69) is 4.72 Å². The van der Waals surface area contributed by atoms with Crippen LogP contribution in [0.4, 0.5) is 11.4 Å². The lowest BCUT2D eigenvalue weighted by Gasteiger charge is -2.31. The summed E-state index contributed by atoms with van der Waals surface area (Å²) in [5.41, 5.74) is 2.57. The van der Waals surface area contributed by atoms with Gasteiger partial charge in [0.1, 0.15) is 0 Å². The third kappa shape index (κ3) is 4.81. The van der Waals surface area contributed by atoms with Gasteiger partial charge in [0.25, 0.3) is 0 Å². The summed E-state index contributed by atoms with van der Waals surface area (Å²) in [5, 5.41) is 0. The van der Waals surface area contributed by atoms with E-state index in [9.17, 15) is 16.8 Å². The van der Waals surface area contributed by atoms with E-state index in [1.54, 1.807) is 36.4 Å². The van der Waals surface area contributed by atoms with E-state index in [4.69, 9.17) is 0 Å². The lowest BCUT2D eigenvalue weighted by Crippen LogP contribution is -2.37. The monoisotopic (exact) mass is 408 g/mol. The van der Waals surface area contributed by atoms with Gasteiger partial charge in [-0.15, -0.1) is 0 Å². The molecule has 1 heterocycles. The maximum absolute atomic E-state index is 12.6. The molecule has 0 saturated heterocycles. The quantitative estimate of drug-likeness (QED) is 0.763. The van der Waals surface area contributed by atoms with Crippen molar-refractivity contribution in [2.75, 3.05) is 21.3 Å². The fraction of sp³-hybridized carbons (Fsp3) is 0.368. The van der Waals surface area contributed by atoms with E-state index in [1.807, 2.05) is 19.1 Å². The Morgan fingerprint density at radius 3 is 2.48 bits per heavy atom. The smallest absolute Gasteiger partial charge is 0.236 e. The third-order valence-electron chi connectivity index (χ3n) is 4.43. The van der Waals surface area contributed by atoms with Crippen molar-refractivity contribution in [3.63, 3.8) is 0 Å². The highest BCUT2D eigenvalue weighted by molar-refractivity contribution is 7.92. The molecule has 1 aliphatic rings. The van der Waals surface area contributed by atoms with Crippen molar-refractivity contribution in [1.82, 2.24) is 0 Å². The fourth-order valence-corrected chi connectivity index (χ4v) is 6.07. The molecule has 0 fully saturated rings. The lowest BCUT2D eigenvalue weighted by atomic mass is 10.0. The van der Waals surface area contributed by atoms with Crippen molar-refractivity contribution in [1.29, 1.82) is 0 Å². The normalized spacial score (nSPS) is 14.6. The first-order valence-electron chi connectivity index (χ1n) is 8.98. The van der Waals surface area contributed by atoms with Crippen LogP contribution >= 0.6 is 0 Å². The van der Waals surface area contributed by atoms with Gasteiger partial charge in [-0.3, -0.25) is 9.03 Å². The molecule has 8 heteroatoms. The van der Waals surface area contributed by atoms with Gasteiger partial charge in [-0.25, -0.2) is 16.8 Å². The van der Waals surface area contributed by atoms with Gasteiger partial charge in [0.15, 0.2) is 0 Å². The van der Waals surface area contributed by atoms with Crippen LogP contribution in [0.3, 0.4) is 0 Å². The SMILES string of the molecule is CCCS(=O)(=O)N1CCCc2ccc(NS(=O)(=O)Cc3ccccc3)cc21. The summed E-state index contributed by atoms with van der Waals surface area (Å²) in [4.78, 5) is 0. The molecular weight excluding hydrogens is 384 g/mol. The number of aryl methyl sites for hydroxylation is 1. The van der Waals surface area contributed by atoms with Crippen molar-refractivity contribution in [2.45, 2.75) is 31.9 Å². The average Bonchev–Trinajstić information content (AvgIpc) is 2.61. The molecule has 1 aliphatic heterocycles. The molecule has 0 amide bonds. The average molecular weight is 409 g/mol. The first kappa shape index (κ1) is 19.7. The summed E-state index contributed by atoms with van der Waals surface area (Å²) in [7, 11) is -7.00. The number of nitrogens with one attached hydrogen (secondary N) is 1. The summed E-state index contributed by atoms with van der Waals surface area (Å²) in [6, 6.07) is 14.1. The summed E-state index contributed by atoms with van der Waals surface area (Å²) in [6.07, 6.45) is 2.08. The van der Waals surface area contributed by atoms with Crippen LogP contribution in [0.5, 0.6) is 0 Å². The van der Waals surface area contributed by atoms with Gasteiger partial charge < -0.3 is 0 Å². The number of hydrogen-bond acceptors (Lipinski definition) is 4. The summed E-state index contributed by atoms with van der Waals surface area (Å²) < 4.78 is 54.1. The minimum atomic E-state index is -3.60. The third-order valence-corrected chi connectivity index (χ3v) is 7.67. The zero-order valence-electron chi connectivity index (χ0n) is 15.3. The molecule has 146 valence electrons. The Bertz CT molecular complexity index is 1000. The van der Waals surface area contributed by atoms with E-state index < -0.39 is 20.0 Å². The second-order valence-electron chi connectivity index (χ2n) is 6.68. The Balaban J connectivity index is 1.86. The van der Waals surface area contributed by atoms with Crippen LogP contribution < -0.4 is 9.03 Å². The van der Waals surface area contributed by atoms with Gasteiger partial charge in [0, 0.05) is 6.54 Å². The number of hydrogen-bond donors (Lipinski definition) is 1. The molecule has 0 unspecified atom stereocenters. The predicted molar refractivity (Wildman–Crippen MR) is 109 cm³/mol. The van der Waals surface area contributed by atoms with Crippen LogP contribution in [-0.2, 0) is 32.2 Å². The highest BCUT2D eigenvalue weighted by Crippen LogP contribution is 2.32. The van der Waals surface area contributed by atoms with E-state index >= 15 is 0 Å². The molecule has 0 saturated carbocycles. The molecule has 0 radical (unpaired) electrons. The number of fused-ring (bicyclic) bond motifs is 1. The van der Waals surface area contributed by atoms with Crippen LogP contribution in [0.15, 0.2) is 48.5 Å². The Labute approximate surface area is 161 Å². The number of nitrogens with zero attached hydrogens (tertiary/aromatic N) is 1. The Morgan fingerprint density at radius 1 is 1.04 bits per heavy atom. The molecular formula is C19H24N2O4S2. The fourth-order valence-electron chi connectivity index (χ4n) is 3.27. The molecule has 0 atom stereocenters. The second-order valence-corrected chi connectivity index (χ2v) is 10.4. The molecule has 2 aromatic rings. The van der Waals surface area contributed by atoms with E-state index in [-0.39, 0.29) is 11.5 Å². The molecule has 0 bridgehead atoms. The van der Waals surface area contributed by atoms with Crippen molar-refractivity contribution in [3.8, 4) is 0 Å². The molecule has 6 nitrogen and oxygen atoms in total. The van der Waals surface area contributed by atoms with Crippen LogP contribution in [0.25, 0.3) is 0 Å². The minimum absolute atomic E-state index is 0.0798. The van der Waals surface area contributed by atoms with Crippen molar-refractivity contribution in [3.05, 3.63) is 59.7 Å². The maximum Gasteiger partial charge on any atom is 0.236 e. The first-order valence-corrected chi connectivity index (χ1v) is 12.2. The van der Waals surface area contributed by atoms with Crippen molar-refractivity contribution in [2.24, 2.45) is 0 Å². The standard InChI is InChI=1S/C19H24N2O4S2/c1-2-13-27(24,25)21-12-6-9-17-10-11-18(14-19(17)21)20-26(22,23)15-16-7-4-3-5-8-16/h3-5,7-8,10-11,14,20H,2,6,9,12-13,15H2,1H3. The predicted octanol–water partition coefficient (Wildman–Crippen LogP) is 3.12. The van der Waals surface area contributed by atoms with Gasteiger partial charge in [-0.1, -0.05) is 43.3 Å². The van der Waals surface area contributed by atoms with Crippen LogP contribution in [0.2, 0.25) is 0 Å². The molecule has 2 aromatic carbocycles. The number of rotatable bonds is 7. The van der Waals surface area contributed by atoms with Crippen molar-refractivity contribution < 1.29 is 16.8 Å². The lowest BCUT2D eigenvalue weighted by molar-refractivity contribution is 0.585.